The lowest BCUT2D eigenvalue weighted by Crippen LogP contribution is -2.11. The SMILES string of the molecule is F[B-](F)(F)F.[SH2+]C(Cc1ccccc1)Cc1ccccc1. The molecule has 0 atom stereocenters. The minimum absolute atomic E-state index is 0.504. The van der Waals surface area contributed by atoms with E-state index in [-0.39, 0.29) is 0 Å². The van der Waals surface area contributed by atoms with Crippen LogP contribution in [0.1, 0.15) is 11.1 Å². The largest absolute Gasteiger partial charge is 0.673 e. The molecule has 0 amide bonds. The molecule has 0 aliphatic heterocycles. The van der Waals surface area contributed by atoms with Crippen molar-refractivity contribution < 1.29 is 17.3 Å². The van der Waals surface area contributed by atoms with Crippen LogP contribution in [0.25, 0.3) is 0 Å². The highest BCUT2D eigenvalue weighted by atomic mass is 32.1. The topological polar surface area (TPSA) is 0 Å². The third kappa shape index (κ3) is 10.0. The zero-order chi connectivity index (χ0) is 15.7. The van der Waals surface area contributed by atoms with Crippen molar-refractivity contribution in [1.29, 1.82) is 0 Å². The van der Waals surface area contributed by atoms with Gasteiger partial charge in [-0.05, 0) is 23.8 Å². The summed E-state index contributed by atoms with van der Waals surface area (Å²) in [6.07, 6.45) is 2.15. The maximum atomic E-state index is 9.75. The van der Waals surface area contributed by atoms with Crippen molar-refractivity contribution in [3.63, 3.8) is 0 Å². The second-order valence-corrected chi connectivity index (χ2v) is 5.39. The van der Waals surface area contributed by atoms with Crippen molar-refractivity contribution in [2.24, 2.45) is 0 Å². The van der Waals surface area contributed by atoms with Crippen LogP contribution in [0.5, 0.6) is 0 Å². The van der Waals surface area contributed by atoms with Crippen LogP contribution in [0.15, 0.2) is 60.7 Å². The van der Waals surface area contributed by atoms with Crippen molar-refractivity contribution in [2.75, 3.05) is 0 Å². The molecule has 0 saturated carbocycles. The molecule has 0 heterocycles. The van der Waals surface area contributed by atoms with E-state index in [1.807, 2.05) is 0 Å². The average Bonchev–Trinajstić information content (AvgIpc) is 2.39. The van der Waals surface area contributed by atoms with Gasteiger partial charge in [-0.25, -0.2) is 0 Å². The summed E-state index contributed by atoms with van der Waals surface area (Å²) in [5.74, 6) is 0. The number of hydrogen-bond donors (Lipinski definition) is 0. The van der Waals surface area contributed by atoms with Gasteiger partial charge in [-0.2, -0.15) is 0 Å². The molecule has 6 heteroatoms. The molecular weight excluding hydrogens is 299 g/mol. The van der Waals surface area contributed by atoms with Crippen LogP contribution in [0.2, 0.25) is 0 Å². The van der Waals surface area contributed by atoms with Crippen LogP contribution in [0, 0.1) is 0 Å². The zero-order valence-corrected chi connectivity index (χ0v) is 12.4. The maximum absolute atomic E-state index is 9.75. The molecule has 0 aliphatic rings. The first-order valence-electron chi connectivity index (χ1n) is 6.51. The lowest BCUT2D eigenvalue weighted by molar-refractivity contribution is 0.368. The molecule has 2 rings (SSSR count). The molecule has 0 spiro atoms. The summed E-state index contributed by atoms with van der Waals surface area (Å²) >= 11 is 3.80. The maximum Gasteiger partial charge on any atom is 0.673 e. The monoisotopic (exact) mass is 316 g/mol. The molecule has 2 aromatic rings. The van der Waals surface area contributed by atoms with E-state index < -0.39 is 7.25 Å². The van der Waals surface area contributed by atoms with Gasteiger partial charge >= 0.3 is 7.25 Å². The first-order valence-corrected chi connectivity index (χ1v) is 7.08. The summed E-state index contributed by atoms with van der Waals surface area (Å²) in [5.41, 5.74) is 2.77. The molecule has 114 valence electrons. The fourth-order valence-electron chi connectivity index (χ4n) is 1.87. The second kappa shape index (κ2) is 8.77. The van der Waals surface area contributed by atoms with E-state index in [0.29, 0.717) is 5.25 Å². The molecule has 0 nitrogen and oxygen atoms in total. The Bertz CT molecular complexity index is 455. The fourth-order valence-corrected chi connectivity index (χ4v) is 2.34. The van der Waals surface area contributed by atoms with E-state index in [0.717, 1.165) is 12.8 Å². The van der Waals surface area contributed by atoms with Crippen molar-refractivity contribution in [2.45, 2.75) is 18.1 Å². The van der Waals surface area contributed by atoms with E-state index in [1.165, 1.54) is 11.1 Å². The molecule has 0 aromatic heterocycles. The smallest absolute Gasteiger partial charge is 0.418 e. The third-order valence-corrected chi connectivity index (χ3v) is 3.06. The Balaban J connectivity index is 0.000000383. The minimum Gasteiger partial charge on any atom is -0.418 e. The van der Waals surface area contributed by atoms with Gasteiger partial charge in [0.05, 0.1) is 0 Å². The van der Waals surface area contributed by atoms with Crippen molar-refractivity contribution in [1.82, 2.24) is 0 Å². The molecule has 21 heavy (non-hydrogen) atoms. The van der Waals surface area contributed by atoms with Gasteiger partial charge in [-0.1, -0.05) is 60.7 Å². The van der Waals surface area contributed by atoms with Gasteiger partial charge in [-0.15, -0.1) is 0 Å². The molecular formula is C15H17BF4S. The number of hydrogen-bond acceptors (Lipinski definition) is 0. The lowest BCUT2D eigenvalue weighted by Gasteiger charge is -2.06. The van der Waals surface area contributed by atoms with Gasteiger partial charge in [0.15, 0.2) is 0 Å². The minimum atomic E-state index is -6.00. The Morgan fingerprint density at radius 1 is 0.714 bits per heavy atom. The standard InChI is InChI=1S/C15H16S.BF4/c16-15(11-13-7-3-1-4-8-13)12-14-9-5-2-6-10-14;2-1(3,4)5/h1-10,15-16H,11-12H2;/q;-1/p+1. The van der Waals surface area contributed by atoms with Crippen molar-refractivity contribution in [3.05, 3.63) is 71.8 Å². The van der Waals surface area contributed by atoms with Gasteiger partial charge < -0.3 is 17.3 Å². The van der Waals surface area contributed by atoms with E-state index in [4.69, 9.17) is 0 Å². The summed E-state index contributed by atoms with van der Waals surface area (Å²) < 4.78 is 39.0. The molecule has 0 bridgehead atoms. The van der Waals surface area contributed by atoms with Crippen LogP contribution in [-0.2, 0) is 25.5 Å². The average molecular weight is 316 g/mol. The van der Waals surface area contributed by atoms with Gasteiger partial charge in [0.2, 0.25) is 0 Å². The Hall–Kier alpha value is -1.43. The van der Waals surface area contributed by atoms with Crippen molar-refractivity contribution in [3.8, 4) is 0 Å². The van der Waals surface area contributed by atoms with E-state index >= 15 is 0 Å². The highest BCUT2D eigenvalue weighted by Gasteiger charge is 2.20. The predicted molar refractivity (Wildman–Crippen MR) is 84.4 cm³/mol. The van der Waals surface area contributed by atoms with Crippen LogP contribution in [-0.4, -0.2) is 12.5 Å². The summed E-state index contributed by atoms with van der Waals surface area (Å²) in [6, 6.07) is 21.2. The lowest BCUT2D eigenvalue weighted by atomic mass is 10.0. The number of halogens is 4. The van der Waals surface area contributed by atoms with Gasteiger partial charge in [0.25, 0.3) is 0 Å². The normalized spacial score (nSPS) is 11.0. The Labute approximate surface area is 127 Å². The van der Waals surface area contributed by atoms with Gasteiger partial charge in [-0.3, -0.25) is 0 Å². The summed E-state index contributed by atoms with van der Waals surface area (Å²) in [4.78, 5) is 0. The first-order chi connectivity index (χ1) is 9.84. The summed E-state index contributed by atoms with van der Waals surface area (Å²) in [5, 5.41) is 0.504. The van der Waals surface area contributed by atoms with Crippen molar-refractivity contribution >= 4 is 19.9 Å². The number of benzene rings is 2. The van der Waals surface area contributed by atoms with E-state index in [9.17, 15) is 17.3 Å². The first kappa shape index (κ1) is 17.6. The van der Waals surface area contributed by atoms with Crippen LogP contribution in [0.4, 0.5) is 17.3 Å². The Morgan fingerprint density at radius 2 is 1.00 bits per heavy atom. The van der Waals surface area contributed by atoms with Gasteiger partial charge in [0, 0.05) is 12.8 Å². The molecule has 0 unspecified atom stereocenters. The summed E-state index contributed by atoms with van der Waals surface area (Å²) in [7, 11) is -6.00. The molecule has 0 saturated heterocycles. The summed E-state index contributed by atoms with van der Waals surface area (Å²) in [6.45, 7) is 0. The third-order valence-electron chi connectivity index (χ3n) is 2.65. The molecule has 0 radical (unpaired) electrons. The molecule has 2 aromatic carbocycles. The highest BCUT2D eigenvalue weighted by Crippen LogP contribution is 2.09. The fraction of sp³-hybridized carbons (Fsp3) is 0.200. The van der Waals surface area contributed by atoms with E-state index in [1.54, 1.807) is 0 Å². The van der Waals surface area contributed by atoms with Gasteiger partial charge in [0.1, 0.15) is 5.25 Å². The van der Waals surface area contributed by atoms with Crippen LogP contribution < -0.4 is 0 Å². The quantitative estimate of drug-likeness (QED) is 0.451. The highest BCUT2D eigenvalue weighted by molar-refractivity contribution is 7.59. The Morgan fingerprint density at radius 3 is 1.29 bits per heavy atom. The van der Waals surface area contributed by atoms with Crippen LogP contribution in [0.3, 0.4) is 0 Å². The Kier molecular flexibility index (Phi) is 7.36. The number of rotatable bonds is 4. The molecule has 0 fully saturated rings. The second-order valence-electron chi connectivity index (χ2n) is 4.57. The molecule has 0 aliphatic carbocycles. The predicted octanol–water partition coefficient (Wildman–Crippen LogP) is 4.15. The van der Waals surface area contributed by atoms with Crippen LogP contribution >= 0.6 is 0 Å². The molecule has 0 N–H and O–H groups in total. The zero-order valence-electron chi connectivity index (χ0n) is 11.4. The van der Waals surface area contributed by atoms with E-state index in [2.05, 4.69) is 73.3 Å².